The van der Waals surface area contributed by atoms with Gasteiger partial charge in [0.05, 0.1) is 5.69 Å². The average molecular weight is 274 g/mol. The third-order valence-corrected chi connectivity index (χ3v) is 3.42. The Hall–Kier alpha value is -1.61. The minimum atomic E-state index is 1.03. The van der Waals surface area contributed by atoms with Crippen molar-refractivity contribution in [3.8, 4) is 11.4 Å². The van der Waals surface area contributed by atoms with E-state index in [0.717, 1.165) is 11.5 Å². The lowest BCUT2D eigenvalue weighted by Crippen LogP contribution is -1.84. The zero-order chi connectivity index (χ0) is 14.3. The number of aromatic nitrogens is 2. The summed E-state index contributed by atoms with van der Waals surface area (Å²) in [5.41, 5.74) is 2.27. The molecule has 0 saturated heterocycles. The number of rotatable bonds is 1. The highest BCUT2D eigenvalue weighted by Gasteiger charge is 2.09. The van der Waals surface area contributed by atoms with Crippen molar-refractivity contribution >= 4 is 16.2 Å². The Bertz CT molecular complexity index is 594. The van der Waals surface area contributed by atoms with E-state index in [4.69, 9.17) is 0 Å². The van der Waals surface area contributed by atoms with Crippen LogP contribution in [0.4, 0.5) is 0 Å². The molecule has 3 heteroatoms. The minimum Gasteiger partial charge on any atom is -0.290 e. The van der Waals surface area contributed by atoms with E-state index >= 15 is 0 Å². The Labute approximate surface area is 119 Å². The van der Waals surface area contributed by atoms with Gasteiger partial charge in [0.15, 0.2) is 0 Å². The first-order chi connectivity index (χ1) is 9.36. The highest BCUT2D eigenvalue weighted by molar-refractivity contribution is 7.15. The zero-order valence-electron chi connectivity index (χ0n) is 12.3. The van der Waals surface area contributed by atoms with E-state index in [1.165, 1.54) is 10.4 Å². The Kier molecular flexibility index (Phi) is 6.30. The van der Waals surface area contributed by atoms with Crippen molar-refractivity contribution in [3.63, 3.8) is 0 Å². The molecule has 0 saturated carbocycles. The number of fused-ring (bicyclic) bond motifs is 1. The molecule has 0 aliphatic carbocycles. The molecule has 0 spiro atoms. The fraction of sp³-hybridized carbons (Fsp3) is 0.312. The molecule has 0 aliphatic heterocycles. The van der Waals surface area contributed by atoms with Crippen LogP contribution >= 0.6 is 11.3 Å². The smallest absolute Gasteiger partial charge is 0.145 e. The van der Waals surface area contributed by atoms with Crippen molar-refractivity contribution < 1.29 is 0 Å². The third kappa shape index (κ3) is 3.24. The summed E-state index contributed by atoms with van der Waals surface area (Å²) in [4.78, 5) is 5.82. The van der Waals surface area contributed by atoms with Crippen LogP contribution in [-0.2, 0) is 0 Å². The first-order valence-electron chi connectivity index (χ1n) is 6.84. The van der Waals surface area contributed by atoms with E-state index in [0.29, 0.717) is 0 Å². The van der Waals surface area contributed by atoms with Gasteiger partial charge in [-0.3, -0.25) is 4.40 Å². The van der Waals surface area contributed by atoms with Crippen LogP contribution in [0.5, 0.6) is 0 Å². The van der Waals surface area contributed by atoms with Gasteiger partial charge in [-0.25, -0.2) is 4.98 Å². The summed E-state index contributed by atoms with van der Waals surface area (Å²) < 4.78 is 2.15. The minimum absolute atomic E-state index is 1.03. The van der Waals surface area contributed by atoms with Gasteiger partial charge >= 0.3 is 0 Å². The van der Waals surface area contributed by atoms with Crippen LogP contribution in [0.15, 0.2) is 41.9 Å². The summed E-state index contributed by atoms with van der Waals surface area (Å²) >= 11 is 1.73. The second kappa shape index (κ2) is 7.74. The van der Waals surface area contributed by atoms with E-state index in [1.807, 2.05) is 45.9 Å². The number of benzene rings is 1. The number of thiazole rings is 1. The molecule has 0 N–H and O–H groups in total. The lowest BCUT2D eigenvalue weighted by atomic mass is 10.2. The van der Waals surface area contributed by atoms with E-state index in [9.17, 15) is 0 Å². The predicted octanol–water partition coefficient (Wildman–Crippen LogP) is 5.42. The fourth-order valence-electron chi connectivity index (χ4n) is 1.76. The van der Waals surface area contributed by atoms with Crippen molar-refractivity contribution in [2.24, 2.45) is 0 Å². The topological polar surface area (TPSA) is 17.3 Å². The molecule has 0 bridgehead atoms. The Morgan fingerprint density at radius 2 is 1.63 bits per heavy atom. The number of hydrogen-bond acceptors (Lipinski definition) is 2. The maximum absolute atomic E-state index is 4.59. The molecule has 3 aromatic rings. The first kappa shape index (κ1) is 15.4. The van der Waals surface area contributed by atoms with Crippen LogP contribution < -0.4 is 0 Å². The number of hydrogen-bond donors (Lipinski definition) is 0. The van der Waals surface area contributed by atoms with Crippen molar-refractivity contribution in [1.82, 2.24) is 9.38 Å². The molecule has 2 heterocycles. The molecular formula is C16H22N2S. The maximum Gasteiger partial charge on any atom is 0.145 e. The SMILES string of the molecule is CC.CC.Cc1nc(-c2ccccc2)n2ccsc12. The fourth-order valence-corrected chi connectivity index (χ4v) is 2.55. The quantitative estimate of drug-likeness (QED) is 0.579. The second-order valence-electron chi connectivity index (χ2n) is 3.47. The largest absolute Gasteiger partial charge is 0.290 e. The Balaban J connectivity index is 0.000000415. The van der Waals surface area contributed by atoms with Gasteiger partial charge in [0.25, 0.3) is 0 Å². The van der Waals surface area contributed by atoms with Crippen LogP contribution in [0.25, 0.3) is 16.2 Å². The first-order valence-corrected chi connectivity index (χ1v) is 7.72. The van der Waals surface area contributed by atoms with Gasteiger partial charge in [-0.2, -0.15) is 0 Å². The molecule has 2 aromatic heterocycles. The molecule has 0 unspecified atom stereocenters. The summed E-state index contributed by atoms with van der Waals surface area (Å²) in [6.07, 6.45) is 2.07. The maximum atomic E-state index is 4.59. The van der Waals surface area contributed by atoms with Gasteiger partial charge in [0.1, 0.15) is 10.7 Å². The number of imidazole rings is 1. The monoisotopic (exact) mass is 274 g/mol. The van der Waals surface area contributed by atoms with Gasteiger partial charge in [-0.1, -0.05) is 58.0 Å². The molecular weight excluding hydrogens is 252 g/mol. The summed E-state index contributed by atoms with van der Waals surface area (Å²) in [6, 6.07) is 10.3. The summed E-state index contributed by atoms with van der Waals surface area (Å²) in [6.45, 7) is 10.1. The van der Waals surface area contributed by atoms with Crippen molar-refractivity contribution in [2.45, 2.75) is 34.6 Å². The molecule has 2 nitrogen and oxygen atoms in total. The molecule has 0 radical (unpaired) electrons. The van der Waals surface area contributed by atoms with Crippen LogP contribution in [0.2, 0.25) is 0 Å². The van der Waals surface area contributed by atoms with Gasteiger partial charge in [-0.05, 0) is 6.92 Å². The Morgan fingerprint density at radius 3 is 2.26 bits per heavy atom. The third-order valence-electron chi connectivity index (χ3n) is 2.45. The summed E-state index contributed by atoms with van der Waals surface area (Å²) in [7, 11) is 0. The van der Waals surface area contributed by atoms with Crippen LogP contribution in [0, 0.1) is 6.92 Å². The normalized spacial score (nSPS) is 9.32. The van der Waals surface area contributed by atoms with Crippen molar-refractivity contribution in [1.29, 1.82) is 0 Å². The molecule has 0 fully saturated rings. The predicted molar refractivity (Wildman–Crippen MR) is 85.9 cm³/mol. The van der Waals surface area contributed by atoms with Crippen LogP contribution in [-0.4, -0.2) is 9.38 Å². The molecule has 1 aromatic carbocycles. The van der Waals surface area contributed by atoms with Gasteiger partial charge in [-0.15, -0.1) is 11.3 Å². The molecule has 102 valence electrons. The number of nitrogens with zero attached hydrogens (tertiary/aromatic N) is 2. The zero-order valence-corrected chi connectivity index (χ0v) is 13.2. The molecule has 19 heavy (non-hydrogen) atoms. The van der Waals surface area contributed by atoms with Crippen LogP contribution in [0.3, 0.4) is 0 Å². The molecule has 0 aliphatic rings. The highest BCUT2D eigenvalue weighted by atomic mass is 32.1. The molecule has 3 rings (SSSR count). The standard InChI is InChI=1S/C12H10N2S.2C2H6/c1-9-12-14(7-8-15-12)11(13-9)10-5-3-2-4-6-10;2*1-2/h2-8H,1H3;2*1-2H3. The summed E-state index contributed by atoms with van der Waals surface area (Å²) in [5, 5.41) is 2.09. The van der Waals surface area contributed by atoms with E-state index in [1.54, 1.807) is 11.3 Å². The van der Waals surface area contributed by atoms with Gasteiger partial charge in [0.2, 0.25) is 0 Å². The highest BCUT2D eigenvalue weighted by Crippen LogP contribution is 2.25. The summed E-state index contributed by atoms with van der Waals surface area (Å²) in [5.74, 6) is 1.03. The number of aryl methyl sites for hydroxylation is 1. The van der Waals surface area contributed by atoms with E-state index < -0.39 is 0 Å². The van der Waals surface area contributed by atoms with Crippen molar-refractivity contribution in [3.05, 3.63) is 47.6 Å². The molecule has 0 atom stereocenters. The second-order valence-corrected chi connectivity index (χ2v) is 4.36. The lowest BCUT2D eigenvalue weighted by Gasteiger charge is -1.96. The van der Waals surface area contributed by atoms with E-state index in [2.05, 4.69) is 40.0 Å². The van der Waals surface area contributed by atoms with E-state index in [-0.39, 0.29) is 0 Å². The van der Waals surface area contributed by atoms with Gasteiger partial charge in [0, 0.05) is 17.1 Å². The van der Waals surface area contributed by atoms with Crippen molar-refractivity contribution in [2.75, 3.05) is 0 Å². The van der Waals surface area contributed by atoms with Gasteiger partial charge < -0.3 is 0 Å². The Morgan fingerprint density at radius 1 is 1.00 bits per heavy atom. The lowest BCUT2D eigenvalue weighted by molar-refractivity contribution is 1.18. The van der Waals surface area contributed by atoms with Crippen LogP contribution in [0.1, 0.15) is 33.4 Å². The average Bonchev–Trinajstić information content (AvgIpc) is 3.09. The molecule has 0 amide bonds.